The molecule has 0 aliphatic carbocycles. The molecular weight excluding hydrogens is 334 g/mol. The Morgan fingerprint density at radius 3 is 2.78 bits per heavy atom. The minimum Gasteiger partial charge on any atom is -0.334 e. The van der Waals surface area contributed by atoms with Crippen LogP contribution in [0.15, 0.2) is 16.8 Å². The Labute approximate surface area is 141 Å². The van der Waals surface area contributed by atoms with Crippen molar-refractivity contribution >= 4 is 27.4 Å². The summed E-state index contributed by atoms with van der Waals surface area (Å²) in [6, 6.07) is 2.05. The van der Waals surface area contributed by atoms with Crippen LogP contribution < -0.4 is 5.32 Å². The Morgan fingerprint density at radius 2 is 2.09 bits per heavy atom. The summed E-state index contributed by atoms with van der Waals surface area (Å²) in [5, 5.41) is 7.18. The smallest absolute Gasteiger partial charge is 0.318 e. The van der Waals surface area contributed by atoms with Gasteiger partial charge in [0.05, 0.1) is 12.3 Å². The lowest BCUT2D eigenvalue weighted by Crippen LogP contribution is -2.52. The average Bonchev–Trinajstić information content (AvgIpc) is 3.17. The fourth-order valence-corrected chi connectivity index (χ4v) is 5.06. The van der Waals surface area contributed by atoms with Crippen LogP contribution >= 0.6 is 11.3 Å². The van der Waals surface area contributed by atoms with Crippen LogP contribution in [0.3, 0.4) is 0 Å². The Balaban J connectivity index is 1.62. The lowest BCUT2D eigenvalue weighted by Gasteiger charge is -2.33. The number of likely N-dealkylation sites (tertiary alicyclic amines) is 1. The largest absolute Gasteiger partial charge is 0.334 e. The molecule has 1 aromatic rings. The zero-order valence-corrected chi connectivity index (χ0v) is 14.9. The second-order valence-corrected chi connectivity index (χ2v) is 9.08. The number of piperidine rings is 1. The van der Waals surface area contributed by atoms with Gasteiger partial charge in [0.1, 0.15) is 0 Å². The van der Waals surface area contributed by atoms with Gasteiger partial charge in [-0.05, 0) is 48.1 Å². The maximum absolute atomic E-state index is 12.6. The predicted molar refractivity (Wildman–Crippen MR) is 91.0 cm³/mol. The van der Waals surface area contributed by atoms with E-state index in [0.29, 0.717) is 13.1 Å². The molecule has 0 spiro atoms. The number of rotatable bonds is 3. The first-order valence-electron chi connectivity index (χ1n) is 7.99. The van der Waals surface area contributed by atoms with Gasteiger partial charge in [-0.15, -0.1) is 0 Å². The molecule has 23 heavy (non-hydrogen) atoms. The van der Waals surface area contributed by atoms with Gasteiger partial charge >= 0.3 is 6.03 Å². The SMILES string of the molecule is CS(=O)(=O)N1CCCC(NC(=O)N2CCCC2c2ccsc2)C1. The number of hydrogen-bond donors (Lipinski definition) is 1. The van der Waals surface area contributed by atoms with E-state index in [2.05, 4.69) is 16.8 Å². The minimum atomic E-state index is -3.19. The van der Waals surface area contributed by atoms with E-state index in [0.717, 1.165) is 32.2 Å². The minimum absolute atomic E-state index is 0.0703. The van der Waals surface area contributed by atoms with Gasteiger partial charge in [-0.1, -0.05) is 0 Å². The van der Waals surface area contributed by atoms with Gasteiger partial charge in [0, 0.05) is 25.7 Å². The Hall–Kier alpha value is -1.12. The molecule has 2 unspecified atom stereocenters. The molecule has 1 N–H and O–H groups in total. The number of amides is 2. The Kier molecular flexibility index (Phi) is 4.93. The van der Waals surface area contributed by atoms with Crippen molar-refractivity contribution in [2.24, 2.45) is 0 Å². The second kappa shape index (κ2) is 6.78. The molecule has 0 aromatic carbocycles. The van der Waals surface area contributed by atoms with E-state index >= 15 is 0 Å². The molecule has 6 nitrogen and oxygen atoms in total. The van der Waals surface area contributed by atoms with Crippen LogP contribution in [0.25, 0.3) is 0 Å². The topological polar surface area (TPSA) is 69.7 Å². The maximum atomic E-state index is 12.6. The van der Waals surface area contributed by atoms with E-state index in [9.17, 15) is 13.2 Å². The van der Waals surface area contributed by atoms with Crippen molar-refractivity contribution < 1.29 is 13.2 Å². The van der Waals surface area contributed by atoms with E-state index in [4.69, 9.17) is 0 Å². The summed E-state index contributed by atoms with van der Waals surface area (Å²) in [5.74, 6) is 0. The van der Waals surface area contributed by atoms with Crippen molar-refractivity contribution in [2.75, 3.05) is 25.9 Å². The zero-order chi connectivity index (χ0) is 16.4. The van der Waals surface area contributed by atoms with E-state index in [1.165, 1.54) is 16.1 Å². The van der Waals surface area contributed by atoms with Crippen molar-refractivity contribution in [3.05, 3.63) is 22.4 Å². The lowest BCUT2D eigenvalue weighted by molar-refractivity contribution is 0.181. The molecule has 2 amide bonds. The van der Waals surface area contributed by atoms with Crippen molar-refractivity contribution in [1.29, 1.82) is 0 Å². The normalized spacial score (nSPS) is 26.4. The predicted octanol–water partition coefficient (Wildman–Crippen LogP) is 2.02. The van der Waals surface area contributed by atoms with E-state index < -0.39 is 10.0 Å². The molecule has 0 bridgehead atoms. The molecule has 128 valence electrons. The van der Waals surface area contributed by atoms with Crippen LogP contribution in [0.5, 0.6) is 0 Å². The van der Waals surface area contributed by atoms with Crippen molar-refractivity contribution in [2.45, 2.75) is 37.8 Å². The number of nitrogens with one attached hydrogen (secondary N) is 1. The van der Waals surface area contributed by atoms with Crippen LogP contribution in [0.2, 0.25) is 0 Å². The highest BCUT2D eigenvalue weighted by atomic mass is 32.2. The van der Waals surface area contributed by atoms with Crippen molar-refractivity contribution in [3.8, 4) is 0 Å². The highest BCUT2D eigenvalue weighted by molar-refractivity contribution is 7.88. The summed E-state index contributed by atoms with van der Waals surface area (Å²) >= 11 is 1.65. The molecule has 2 aliphatic rings. The number of nitrogens with zero attached hydrogens (tertiary/aromatic N) is 2. The standard InChI is InChI=1S/C15H23N3O3S2/c1-23(20,21)17-7-2-4-13(10-17)16-15(19)18-8-3-5-14(18)12-6-9-22-11-12/h6,9,11,13-14H,2-5,7-8,10H2,1H3,(H,16,19). The Bertz CT molecular complexity index is 645. The second-order valence-electron chi connectivity index (χ2n) is 6.32. The van der Waals surface area contributed by atoms with Crippen LogP contribution in [-0.4, -0.2) is 55.6 Å². The third kappa shape index (κ3) is 3.87. The number of urea groups is 1. The fourth-order valence-electron chi connectivity index (χ4n) is 3.44. The third-order valence-electron chi connectivity index (χ3n) is 4.62. The molecule has 1 aromatic heterocycles. The average molecular weight is 358 g/mol. The molecule has 0 saturated carbocycles. The van der Waals surface area contributed by atoms with Gasteiger partial charge in [-0.25, -0.2) is 17.5 Å². The highest BCUT2D eigenvalue weighted by Crippen LogP contribution is 2.33. The summed E-state index contributed by atoms with van der Waals surface area (Å²) in [5.41, 5.74) is 1.20. The quantitative estimate of drug-likeness (QED) is 0.900. The molecular formula is C15H23N3O3S2. The molecule has 8 heteroatoms. The zero-order valence-electron chi connectivity index (χ0n) is 13.3. The van der Waals surface area contributed by atoms with Crippen LogP contribution in [0, 0.1) is 0 Å². The van der Waals surface area contributed by atoms with Gasteiger partial charge in [0.15, 0.2) is 0 Å². The molecule has 3 heterocycles. The summed E-state index contributed by atoms with van der Waals surface area (Å²) in [6.45, 7) is 1.68. The maximum Gasteiger partial charge on any atom is 0.318 e. The van der Waals surface area contributed by atoms with Crippen LogP contribution in [0.4, 0.5) is 4.79 Å². The van der Waals surface area contributed by atoms with Crippen molar-refractivity contribution in [1.82, 2.24) is 14.5 Å². The summed E-state index contributed by atoms with van der Waals surface area (Å²) in [7, 11) is -3.19. The molecule has 2 aliphatic heterocycles. The molecule has 2 atom stereocenters. The highest BCUT2D eigenvalue weighted by Gasteiger charge is 2.33. The third-order valence-corrected chi connectivity index (χ3v) is 6.59. The van der Waals surface area contributed by atoms with E-state index in [1.54, 1.807) is 11.3 Å². The lowest BCUT2D eigenvalue weighted by atomic mass is 10.1. The first-order chi connectivity index (χ1) is 10.9. The van der Waals surface area contributed by atoms with E-state index in [-0.39, 0.29) is 18.1 Å². The van der Waals surface area contributed by atoms with Crippen LogP contribution in [-0.2, 0) is 10.0 Å². The molecule has 3 rings (SSSR count). The first-order valence-corrected chi connectivity index (χ1v) is 10.8. The number of carbonyl (C=O) groups is 1. The van der Waals surface area contributed by atoms with Crippen LogP contribution in [0.1, 0.15) is 37.3 Å². The van der Waals surface area contributed by atoms with E-state index in [1.807, 2.05) is 10.3 Å². The number of thiophene rings is 1. The number of hydrogen-bond acceptors (Lipinski definition) is 4. The van der Waals surface area contributed by atoms with Gasteiger partial charge in [0.25, 0.3) is 0 Å². The molecule has 0 radical (unpaired) electrons. The first kappa shape index (κ1) is 16.7. The number of sulfonamides is 1. The fraction of sp³-hybridized carbons (Fsp3) is 0.667. The van der Waals surface area contributed by atoms with Gasteiger partial charge in [0.2, 0.25) is 10.0 Å². The van der Waals surface area contributed by atoms with Crippen molar-refractivity contribution in [3.63, 3.8) is 0 Å². The number of carbonyl (C=O) groups excluding carboxylic acids is 1. The monoisotopic (exact) mass is 357 g/mol. The van der Waals surface area contributed by atoms with Gasteiger partial charge < -0.3 is 10.2 Å². The molecule has 2 fully saturated rings. The van der Waals surface area contributed by atoms with Gasteiger partial charge in [-0.3, -0.25) is 0 Å². The summed E-state index contributed by atoms with van der Waals surface area (Å²) in [4.78, 5) is 14.5. The Morgan fingerprint density at radius 1 is 1.30 bits per heavy atom. The summed E-state index contributed by atoms with van der Waals surface area (Å²) in [6.07, 6.45) is 4.84. The summed E-state index contributed by atoms with van der Waals surface area (Å²) < 4.78 is 24.8. The van der Waals surface area contributed by atoms with Gasteiger partial charge in [-0.2, -0.15) is 11.3 Å². The molecule has 2 saturated heterocycles.